The van der Waals surface area contributed by atoms with E-state index in [-0.39, 0.29) is 24.8 Å². The number of aliphatic hydroxyl groups is 1. The fourth-order valence-electron chi connectivity index (χ4n) is 1.17. The van der Waals surface area contributed by atoms with Crippen LogP contribution in [0, 0.1) is 6.92 Å². The topological polar surface area (TPSA) is 61.7 Å². The predicted molar refractivity (Wildman–Crippen MR) is 62.2 cm³/mol. The molecule has 3 N–H and O–H groups in total. The van der Waals surface area contributed by atoms with Crippen LogP contribution in [-0.4, -0.2) is 30.5 Å². The third-order valence-electron chi connectivity index (χ3n) is 1.95. The van der Waals surface area contributed by atoms with Crippen LogP contribution in [0.5, 0.6) is 11.5 Å². The van der Waals surface area contributed by atoms with Crippen LogP contribution >= 0.6 is 12.4 Å². The molecule has 1 aromatic carbocycles. The third kappa shape index (κ3) is 3.49. The standard InChI is InChI=1S/C10H15NO3.ClH/c1-7-5-10(14-2)8(6-9(7)13)11-3-4-12;/h5-6,11-13H,3-4H2,1-2H3;1H. The number of phenols is 1. The van der Waals surface area contributed by atoms with Gasteiger partial charge in [-0.1, -0.05) is 0 Å². The lowest BCUT2D eigenvalue weighted by molar-refractivity contribution is 0.310. The van der Waals surface area contributed by atoms with Gasteiger partial charge in [-0.2, -0.15) is 0 Å². The van der Waals surface area contributed by atoms with Gasteiger partial charge in [0.15, 0.2) is 0 Å². The van der Waals surface area contributed by atoms with Crippen molar-refractivity contribution in [1.29, 1.82) is 0 Å². The smallest absolute Gasteiger partial charge is 0.142 e. The zero-order valence-electron chi connectivity index (χ0n) is 8.78. The summed E-state index contributed by atoms with van der Waals surface area (Å²) in [5, 5.41) is 21.1. The van der Waals surface area contributed by atoms with Crippen molar-refractivity contribution in [1.82, 2.24) is 0 Å². The molecule has 0 bridgehead atoms. The van der Waals surface area contributed by atoms with E-state index in [1.54, 1.807) is 26.2 Å². The van der Waals surface area contributed by atoms with Gasteiger partial charge in [-0.05, 0) is 18.6 Å². The highest BCUT2D eigenvalue weighted by Crippen LogP contribution is 2.31. The average molecular weight is 234 g/mol. The van der Waals surface area contributed by atoms with Crippen LogP contribution < -0.4 is 10.1 Å². The van der Waals surface area contributed by atoms with Crippen molar-refractivity contribution in [3.05, 3.63) is 17.7 Å². The summed E-state index contributed by atoms with van der Waals surface area (Å²) in [5.41, 5.74) is 1.45. The number of hydrogen-bond acceptors (Lipinski definition) is 4. The summed E-state index contributed by atoms with van der Waals surface area (Å²) in [6.07, 6.45) is 0. The second-order valence-electron chi connectivity index (χ2n) is 2.99. The fourth-order valence-corrected chi connectivity index (χ4v) is 1.17. The molecule has 0 amide bonds. The predicted octanol–water partition coefficient (Wildman–Crippen LogP) is 1.54. The SMILES string of the molecule is COc1cc(C)c(O)cc1NCCO.Cl. The first-order chi connectivity index (χ1) is 6.69. The summed E-state index contributed by atoms with van der Waals surface area (Å²) < 4.78 is 5.12. The second kappa shape index (κ2) is 6.37. The van der Waals surface area contributed by atoms with E-state index < -0.39 is 0 Å². The van der Waals surface area contributed by atoms with Crippen molar-refractivity contribution in [2.75, 3.05) is 25.6 Å². The molecule has 0 radical (unpaired) electrons. The minimum Gasteiger partial charge on any atom is -0.508 e. The Labute approximate surface area is 95.3 Å². The fraction of sp³-hybridized carbons (Fsp3) is 0.400. The number of rotatable bonds is 4. The quantitative estimate of drug-likeness (QED) is 0.738. The Morgan fingerprint density at radius 2 is 2.07 bits per heavy atom. The molecule has 0 unspecified atom stereocenters. The molecule has 1 aromatic rings. The van der Waals surface area contributed by atoms with Gasteiger partial charge in [0.25, 0.3) is 0 Å². The number of ether oxygens (including phenoxy) is 1. The Bertz CT molecular complexity index is 318. The minimum absolute atomic E-state index is 0. The number of aryl methyl sites for hydroxylation is 1. The molecule has 0 aliphatic carbocycles. The van der Waals surface area contributed by atoms with E-state index >= 15 is 0 Å². The summed E-state index contributed by atoms with van der Waals surface area (Å²) in [7, 11) is 1.57. The maximum absolute atomic E-state index is 9.46. The highest BCUT2D eigenvalue weighted by Gasteiger charge is 2.06. The first-order valence-electron chi connectivity index (χ1n) is 4.41. The molecular weight excluding hydrogens is 218 g/mol. The molecule has 1 rings (SSSR count). The van der Waals surface area contributed by atoms with Crippen LogP contribution in [0.3, 0.4) is 0 Å². The normalized spacial score (nSPS) is 9.27. The van der Waals surface area contributed by atoms with Crippen molar-refractivity contribution in [3.8, 4) is 11.5 Å². The number of nitrogens with one attached hydrogen (secondary N) is 1. The molecule has 0 heterocycles. The maximum Gasteiger partial charge on any atom is 0.142 e. The van der Waals surface area contributed by atoms with Crippen molar-refractivity contribution in [2.24, 2.45) is 0 Å². The van der Waals surface area contributed by atoms with Gasteiger partial charge in [0.1, 0.15) is 11.5 Å². The van der Waals surface area contributed by atoms with Crippen LogP contribution in [0.1, 0.15) is 5.56 Å². The number of phenolic OH excluding ortho intramolecular Hbond substituents is 1. The highest BCUT2D eigenvalue weighted by atomic mass is 35.5. The molecule has 0 aliphatic heterocycles. The Kier molecular flexibility index (Phi) is 5.89. The van der Waals surface area contributed by atoms with Crippen LogP contribution in [0.4, 0.5) is 5.69 Å². The number of aliphatic hydroxyl groups excluding tert-OH is 1. The number of aromatic hydroxyl groups is 1. The van der Waals surface area contributed by atoms with Crippen LogP contribution in [0.15, 0.2) is 12.1 Å². The number of anilines is 1. The summed E-state index contributed by atoms with van der Waals surface area (Å²) in [6.45, 7) is 2.27. The zero-order valence-corrected chi connectivity index (χ0v) is 9.60. The molecule has 0 aromatic heterocycles. The summed E-state index contributed by atoms with van der Waals surface area (Å²) in [4.78, 5) is 0. The van der Waals surface area contributed by atoms with Crippen molar-refractivity contribution in [3.63, 3.8) is 0 Å². The first-order valence-corrected chi connectivity index (χ1v) is 4.41. The van der Waals surface area contributed by atoms with E-state index in [9.17, 15) is 5.11 Å². The molecule has 0 atom stereocenters. The summed E-state index contributed by atoms with van der Waals surface area (Å²) in [5.74, 6) is 0.875. The molecule has 15 heavy (non-hydrogen) atoms. The third-order valence-corrected chi connectivity index (χ3v) is 1.95. The lowest BCUT2D eigenvalue weighted by atomic mass is 10.2. The van der Waals surface area contributed by atoms with E-state index in [2.05, 4.69) is 5.32 Å². The molecule has 5 heteroatoms. The Morgan fingerprint density at radius 1 is 1.40 bits per heavy atom. The lowest BCUT2D eigenvalue weighted by Gasteiger charge is -2.12. The number of benzene rings is 1. The number of halogens is 1. The van der Waals surface area contributed by atoms with Gasteiger partial charge in [-0.25, -0.2) is 0 Å². The van der Waals surface area contributed by atoms with Crippen molar-refractivity contribution < 1.29 is 14.9 Å². The monoisotopic (exact) mass is 233 g/mol. The molecular formula is C10H16ClNO3. The average Bonchev–Trinajstić information content (AvgIpc) is 2.19. The number of methoxy groups -OCH3 is 1. The van der Waals surface area contributed by atoms with Gasteiger partial charge in [0, 0.05) is 12.6 Å². The van der Waals surface area contributed by atoms with Gasteiger partial charge in [-0.15, -0.1) is 12.4 Å². The molecule has 0 saturated carbocycles. The van der Waals surface area contributed by atoms with E-state index in [1.165, 1.54) is 0 Å². The van der Waals surface area contributed by atoms with Crippen LogP contribution in [-0.2, 0) is 0 Å². The van der Waals surface area contributed by atoms with Crippen molar-refractivity contribution >= 4 is 18.1 Å². The van der Waals surface area contributed by atoms with Gasteiger partial charge in [-0.3, -0.25) is 0 Å². The van der Waals surface area contributed by atoms with Crippen LogP contribution in [0.25, 0.3) is 0 Å². The molecule has 0 aliphatic rings. The van der Waals surface area contributed by atoms with Gasteiger partial charge in [0.05, 0.1) is 19.4 Å². The molecule has 0 spiro atoms. The Hall–Kier alpha value is -1.13. The van der Waals surface area contributed by atoms with E-state index in [4.69, 9.17) is 9.84 Å². The van der Waals surface area contributed by atoms with Gasteiger partial charge < -0.3 is 20.3 Å². The molecule has 86 valence electrons. The largest absolute Gasteiger partial charge is 0.508 e. The summed E-state index contributed by atoms with van der Waals surface area (Å²) >= 11 is 0. The highest BCUT2D eigenvalue weighted by molar-refractivity contribution is 5.85. The van der Waals surface area contributed by atoms with Crippen LogP contribution in [0.2, 0.25) is 0 Å². The molecule has 4 nitrogen and oxygen atoms in total. The first kappa shape index (κ1) is 13.9. The van der Waals surface area contributed by atoms with Gasteiger partial charge >= 0.3 is 0 Å². The maximum atomic E-state index is 9.46. The lowest BCUT2D eigenvalue weighted by Crippen LogP contribution is -2.06. The Morgan fingerprint density at radius 3 is 2.60 bits per heavy atom. The second-order valence-corrected chi connectivity index (χ2v) is 2.99. The molecule has 0 fully saturated rings. The Balaban J connectivity index is 0.00000196. The molecule has 0 saturated heterocycles. The van der Waals surface area contributed by atoms with Crippen molar-refractivity contribution in [2.45, 2.75) is 6.92 Å². The summed E-state index contributed by atoms with van der Waals surface area (Å²) in [6, 6.07) is 3.33. The van der Waals surface area contributed by atoms with E-state index in [1.807, 2.05) is 0 Å². The van der Waals surface area contributed by atoms with E-state index in [0.29, 0.717) is 18.0 Å². The van der Waals surface area contributed by atoms with Gasteiger partial charge in [0.2, 0.25) is 0 Å². The number of hydrogen-bond donors (Lipinski definition) is 3. The minimum atomic E-state index is 0. The zero-order chi connectivity index (χ0) is 10.6. The van der Waals surface area contributed by atoms with E-state index in [0.717, 1.165) is 5.56 Å².